The third-order valence-electron chi connectivity index (χ3n) is 8.07. The minimum Gasteiger partial charge on any atom is -0.357 e. The maximum atomic E-state index is 14.3. The van der Waals surface area contributed by atoms with Gasteiger partial charge in [0.2, 0.25) is 0 Å². The molecule has 2 saturated heterocycles. The number of benzene rings is 1. The van der Waals surface area contributed by atoms with Crippen molar-refractivity contribution in [2.24, 2.45) is 11.8 Å². The van der Waals surface area contributed by atoms with E-state index in [0.717, 1.165) is 5.56 Å². The monoisotopic (exact) mass is 585 g/mol. The number of ketones is 1. The Bertz CT molecular complexity index is 1670. The summed E-state index contributed by atoms with van der Waals surface area (Å²) in [4.78, 5) is 33.4. The largest absolute Gasteiger partial charge is 0.357 e. The topological polar surface area (TPSA) is 123 Å². The van der Waals surface area contributed by atoms with Crippen molar-refractivity contribution < 1.29 is 18.0 Å². The molecule has 208 valence electrons. The second-order valence-electron chi connectivity index (χ2n) is 10.6. The summed E-state index contributed by atoms with van der Waals surface area (Å²) in [6.07, 6.45) is 7.16. The lowest BCUT2D eigenvalue weighted by Crippen LogP contribution is -2.49. The molecule has 6 rings (SSSR count). The molecule has 4 heterocycles. The number of nitrogens with one attached hydrogen (secondary N) is 1. The van der Waals surface area contributed by atoms with E-state index in [2.05, 4.69) is 16.9 Å². The summed E-state index contributed by atoms with van der Waals surface area (Å²) in [6.45, 7) is 4.52. The van der Waals surface area contributed by atoms with Gasteiger partial charge in [0, 0.05) is 61.4 Å². The lowest BCUT2D eigenvalue weighted by atomic mass is 9.87. The SMILES string of the molecule is C=CCC1(Cc2ccncc2)N/C(=C\C(=O)c2ccc(C#N)cc2)N(C2C3CN(S(=O)(=O)c4cccs4)CC32)C1=O. The van der Waals surface area contributed by atoms with Crippen molar-refractivity contribution in [1.82, 2.24) is 19.5 Å². The number of hydrogen-bond acceptors (Lipinski definition) is 8. The number of aromatic nitrogens is 1. The normalized spacial score (nSPS) is 26.4. The lowest BCUT2D eigenvalue weighted by Gasteiger charge is -2.27. The molecule has 3 aromatic rings. The molecule has 1 N–H and O–H groups in total. The third kappa shape index (κ3) is 4.78. The number of allylic oxidation sites excluding steroid dienone is 1. The number of nitriles is 1. The molecular formula is C30H27N5O4S2. The van der Waals surface area contributed by atoms with Crippen LogP contribution in [0.15, 0.2) is 95.1 Å². The quantitative estimate of drug-likeness (QED) is 0.232. The van der Waals surface area contributed by atoms with Gasteiger partial charge >= 0.3 is 0 Å². The van der Waals surface area contributed by atoms with Crippen LogP contribution in [0.5, 0.6) is 0 Å². The van der Waals surface area contributed by atoms with Crippen molar-refractivity contribution in [2.75, 3.05) is 13.1 Å². The van der Waals surface area contributed by atoms with Gasteiger partial charge in [-0.05, 0) is 59.8 Å². The van der Waals surface area contributed by atoms with E-state index in [1.165, 1.54) is 21.7 Å². The zero-order chi connectivity index (χ0) is 28.8. The van der Waals surface area contributed by atoms with Gasteiger partial charge in [-0.25, -0.2) is 8.42 Å². The number of carbonyl (C=O) groups is 2. The van der Waals surface area contributed by atoms with Gasteiger partial charge in [-0.2, -0.15) is 9.57 Å². The first-order valence-corrected chi connectivity index (χ1v) is 15.5. The van der Waals surface area contributed by atoms with Crippen LogP contribution >= 0.6 is 11.3 Å². The Labute approximate surface area is 242 Å². The predicted molar refractivity (Wildman–Crippen MR) is 153 cm³/mol. The number of piperidine rings is 1. The van der Waals surface area contributed by atoms with Gasteiger partial charge in [-0.3, -0.25) is 19.5 Å². The molecule has 9 nitrogen and oxygen atoms in total. The highest BCUT2D eigenvalue weighted by Crippen LogP contribution is 2.53. The molecule has 0 spiro atoms. The third-order valence-corrected chi connectivity index (χ3v) is 11.3. The van der Waals surface area contributed by atoms with Gasteiger partial charge < -0.3 is 5.32 Å². The van der Waals surface area contributed by atoms with Gasteiger partial charge in [0.1, 0.15) is 15.6 Å². The Balaban J connectivity index is 1.32. The summed E-state index contributed by atoms with van der Waals surface area (Å²) < 4.78 is 28.0. The van der Waals surface area contributed by atoms with Gasteiger partial charge in [0.05, 0.1) is 11.6 Å². The van der Waals surface area contributed by atoms with Crippen LogP contribution in [0.2, 0.25) is 0 Å². The molecule has 1 aliphatic carbocycles. The standard InChI is InChI=1S/C30H27N5O4S2/c1-2-11-30(16-20-9-12-32-13-10-20)29(37)35(26(33-30)15-25(36)22-7-5-21(17-31)6-8-22)28-23-18-34(19-24(23)28)41(38,39)27-4-3-14-40-27/h2-10,12-15,23-24,28,33H,1,11,16,18-19H2/b26-15+. The molecule has 3 aliphatic rings. The number of pyridine rings is 1. The van der Waals surface area contributed by atoms with Crippen LogP contribution in [-0.4, -0.2) is 59.0 Å². The maximum Gasteiger partial charge on any atom is 0.254 e. The van der Waals surface area contributed by atoms with Crippen LogP contribution in [0.3, 0.4) is 0 Å². The summed E-state index contributed by atoms with van der Waals surface area (Å²) in [5.74, 6) is -0.151. The molecule has 0 radical (unpaired) electrons. The van der Waals surface area contributed by atoms with Crippen LogP contribution < -0.4 is 5.32 Å². The molecule has 2 aliphatic heterocycles. The van der Waals surface area contributed by atoms with E-state index >= 15 is 0 Å². The molecule has 41 heavy (non-hydrogen) atoms. The van der Waals surface area contributed by atoms with Crippen LogP contribution in [0, 0.1) is 23.2 Å². The summed E-state index contributed by atoms with van der Waals surface area (Å²) in [6, 6.07) is 15.2. The first-order chi connectivity index (χ1) is 19.8. The molecule has 1 saturated carbocycles. The number of sulfonamides is 1. The van der Waals surface area contributed by atoms with Crippen molar-refractivity contribution in [1.29, 1.82) is 5.26 Å². The fourth-order valence-corrected chi connectivity index (χ4v) is 8.68. The average molecular weight is 586 g/mol. The van der Waals surface area contributed by atoms with Crippen molar-refractivity contribution >= 4 is 33.1 Å². The van der Waals surface area contributed by atoms with Crippen LogP contribution in [-0.2, 0) is 21.2 Å². The minimum absolute atomic E-state index is 0.0376. The Hall–Kier alpha value is -4.11. The molecule has 0 bridgehead atoms. The van der Waals surface area contributed by atoms with Crippen molar-refractivity contribution in [2.45, 2.75) is 28.6 Å². The molecule has 3 fully saturated rings. The average Bonchev–Trinajstić information content (AvgIpc) is 3.41. The van der Waals surface area contributed by atoms with Gasteiger partial charge in [-0.15, -0.1) is 17.9 Å². The Kier molecular flexibility index (Phi) is 6.85. The van der Waals surface area contributed by atoms with Crippen LogP contribution in [0.4, 0.5) is 0 Å². The summed E-state index contributed by atoms with van der Waals surface area (Å²) in [7, 11) is -3.58. The first-order valence-electron chi connectivity index (χ1n) is 13.2. The molecule has 2 aromatic heterocycles. The molecule has 11 heteroatoms. The fraction of sp³-hybridized carbons (Fsp3) is 0.267. The lowest BCUT2D eigenvalue weighted by molar-refractivity contribution is -0.132. The Morgan fingerprint density at radius 3 is 2.49 bits per heavy atom. The van der Waals surface area contributed by atoms with Crippen LogP contribution in [0.1, 0.15) is 27.9 Å². The van der Waals surface area contributed by atoms with Crippen LogP contribution in [0.25, 0.3) is 0 Å². The molecular weight excluding hydrogens is 558 g/mol. The number of fused-ring (bicyclic) bond motifs is 1. The first kappa shape index (κ1) is 27.1. The molecule has 1 aromatic carbocycles. The smallest absolute Gasteiger partial charge is 0.254 e. The number of amides is 1. The van der Waals surface area contributed by atoms with Crippen molar-refractivity contribution in [3.05, 3.63) is 108 Å². The van der Waals surface area contributed by atoms with E-state index in [9.17, 15) is 18.0 Å². The van der Waals surface area contributed by atoms with E-state index in [4.69, 9.17) is 5.26 Å². The van der Waals surface area contributed by atoms with Gasteiger partial charge in [0.15, 0.2) is 5.78 Å². The fourth-order valence-electron chi connectivity index (χ4n) is 6.02. The molecule has 1 amide bonds. The predicted octanol–water partition coefficient (Wildman–Crippen LogP) is 3.35. The second-order valence-corrected chi connectivity index (χ2v) is 13.7. The Morgan fingerprint density at radius 2 is 1.88 bits per heavy atom. The number of hydrogen-bond donors (Lipinski definition) is 1. The number of rotatable bonds is 9. The highest BCUT2D eigenvalue weighted by Gasteiger charge is 2.65. The highest BCUT2D eigenvalue weighted by atomic mass is 32.2. The molecule has 3 atom stereocenters. The zero-order valence-electron chi connectivity index (χ0n) is 22.0. The highest BCUT2D eigenvalue weighted by molar-refractivity contribution is 7.91. The van der Waals surface area contributed by atoms with Crippen molar-refractivity contribution in [3.8, 4) is 6.07 Å². The van der Waals surface area contributed by atoms with E-state index in [-0.39, 0.29) is 29.6 Å². The van der Waals surface area contributed by atoms with Gasteiger partial charge in [0.25, 0.3) is 15.9 Å². The molecule has 3 unspecified atom stereocenters. The minimum atomic E-state index is -3.58. The zero-order valence-corrected chi connectivity index (χ0v) is 23.6. The number of nitrogens with zero attached hydrogens (tertiary/aromatic N) is 4. The van der Waals surface area contributed by atoms with Gasteiger partial charge in [-0.1, -0.05) is 12.1 Å². The van der Waals surface area contributed by atoms with E-state index in [0.29, 0.717) is 47.1 Å². The maximum absolute atomic E-state index is 14.3. The van der Waals surface area contributed by atoms with E-state index in [1.807, 2.05) is 18.2 Å². The van der Waals surface area contributed by atoms with E-state index < -0.39 is 15.6 Å². The number of thiophene rings is 1. The number of carbonyl (C=O) groups excluding carboxylic acids is 2. The van der Waals surface area contributed by atoms with Crippen molar-refractivity contribution in [3.63, 3.8) is 0 Å². The van der Waals surface area contributed by atoms with E-state index in [1.54, 1.807) is 65.1 Å². The summed E-state index contributed by atoms with van der Waals surface area (Å²) in [5, 5.41) is 14.2. The second kappa shape index (κ2) is 10.4. The summed E-state index contributed by atoms with van der Waals surface area (Å²) in [5.41, 5.74) is 0.691. The summed E-state index contributed by atoms with van der Waals surface area (Å²) >= 11 is 1.19. The Morgan fingerprint density at radius 1 is 1.17 bits per heavy atom.